The third-order valence-electron chi connectivity index (χ3n) is 5.25. The van der Waals surface area contributed by atoms with Crippen molar-refractivity contribution in [2.45, 2.75) is 32.2 Å². The molecule has 2 aromatic carbocycles. The van der Waals surface area contributed by atoms with Crippen LogP contribution in [0.4, 0.5) is 4.79 Å². The van der Waals surface area contributed by atoms with E-state index in [0.29, 0.717) is 6.54 Å². The maximum atomic E-state index is 13.2. The van der Waals surface area contributed by atoms with Crippen LogP contribution in [-0.4, -0.2) is 52.2 Å². The Labute approximate surface area is 158 Å². The number of urea groups is 1. The van der Waals surface area contributed by atoms with Crippen LogP contribution in [0, 0.1) is 6.92 Å². The summed E-state index contributed by atoms with van der Waals surface area (Å²) in [5.41, 5.74) is 3.13. The summed E-state index contributed by atoms with van der Waals surface area (Å²) in [7, 11) is 1.71. The lowest BCUT2D eigenvalue weighted by Gasteiger charge is -2.41. The number of benzene rings is 2. The Morgan fingerprint density at radius 1 is 0.963 bits per heavy atom. The molecule has 6 nitrogen and oxygen atoms in total. The summed E-state index contributed by atoms with van der Waals surface area (Å²) in [6.07, 6.45) is 1.23. The standard InChI is InChI=1S/C21H22N4O2/c1-15-8-6-7-11-17(15)13-25-20(26)18-19(23(2)21(25)27)22-14-24(18)12-16-9-4-3-5-10-16/h3-11,14,18-19H,12-13H2,1-2H3. The molecule has 0 radical (unpaired) electrons. The van der Waals surface area contributed by atoms with Crippen LogP contribution in [-0.2, 0) is 17.9 Å². The number of nitrogens with zero attached hydrogens (tertiary/aromatic N) is 4. The number of likely N-dealkylation sites (N-methyl/N-ethyl adjacent to an activating group) is 1. The first-order valence-electron chi connectivity index (χ1n) is 9.02. The van der Waals surface area contributed by atoms with Gasteiger partial charge in [0.2, 0.25) is 0 Å². The summed E-state index contributed by atoms with van der Waals surface area (Å²) in [6, 6.07) is 17.0. The van der Waals surface area contributed by atoms with Crippen molar-refractivity contribution in [1.82, 2.24) is 14.7 Å². The molecule has 0 spiro atoms. The maximum Gasteiger partial charge on any atom is 0.328 e. The van der Waals surface area contributed by atoms with Gasteiger partial charge in [0.15, 0.2) is 12.2 Å². The molecule has 138 valence electrons. The molecule has 2 aliphatic rings. The number of amides is 3. The van der Waals surface area contributed by atoms with E-state index in [2.05, 4.69) is 4.99 Å². The number of aryl methyl sites for hydroxylation is 1. The van der Waals surface area contributed by atoms with Gasteiger partial charge in [-0.1, -0.05) is 54.6 Å². The number of imide groups is 1. The van der Waals surface area contributed by atoms with Gasteiger partial charge in [0, 0.05) is 13.6 Å². The second kappa shape index (κ2) is 6.87. The van der Waals surface area contributed by atoms with Crippen LogP contribution in [0.1, 0.15) is 16.7 Å². The molecule has 0 aliphatic carbocycles. The summed E-state index contributed by atoms with van der Waals surface area (Å²) < 4.78 is 0. The highest BCUT2D eigenvalue weighted by molar-refractivity contribution is 6.02. The lowest BCUT2D eigenvalue weighted by molar-refractivity contribution is -0.138. The minimum atomic E-state index is -0.489. The molecule has 6 heteroatoms. The average molecular weight is 362 g/mol. The number of aliphatic imine (C=N–C) groups is 1. The lowest BCUT2D eigenvalue weighted by atomic mass is 10.1. The van der Waals surface area contributed by atoms with Crippen LogP contribution in [0.3, 0.4) is 0 Å². The van der Waals surface area contributed by atoms with E-state index in [1.807, 2.05) is 66.4 Å². The first kappa shape index (κ1) is 17.3. The maximum absolute atomic E-state index is 13.2. The topological polar surface area (TPSA) is 56.2 Å². The van der Waals surface area contributed by atoms with E-state index in [0.717, 1.165) is 16.7 Å². The predicted octanol–water partition coefficient (Wildman–Crippen LogP) is 2.63. The first-order chi connectivity index (χ1) is 13.1. The molecule has 1 saturated heterocycles. The first-order valence-corrected chi connectivity index (χ1v) is 9.02. The van der Waals surface area contributed by atoms with Gasteiger partial charge < -0.3 is 9.80 Å². The molecule has 2 atom stereocenters. The third kappa shape index (κ3) is 3.07. The molecule has 2 unspecified atom stereocenters. The number of rotatable bonds is 4. The summed E-state index contributed by atoms with van der Waals surface area (Å²) in [6.45, 7) is 2.84. The van der Waals surface area contributed by atoms with Crippen molar-refractivity contribution >= 4 is 18.3 Å². The fourth-order valence-electron chi connectivity index (χ4n) is 3.65. The van der Waals surface area contributed by atoms with Crippen LogP contribution >= 0.6 is 0 Å². The molecule has 2 aliphatic heterocycles. The second-order valence-electron chi connectivity index (χ2n) is 7.03. The predicted molar refractivity (Wildman–Crippen MR) is 103 cm³/mol. The molecular formula is C21H22N4O2. The number of carbonyl (C=O) groups is 2. The van der Waals surface area contributed by atoms with Gasteiger partial charge in [0.05, 0.1) is 12.9 Å². The van der Waals surface area contributed by atoms with E-state index in [1.165, 1.54) is 4.90 Å². The normalized spacial score (nSPS) is 21.8. The number of carbonyl (C=O) groups excluding carboxylic acids is 2. The third-order valence-corrected chi connectivity index (χ3v) is 5.25. The molecule has 27 heavy (non-hydrogen) atoms. The zero-order valence-electron chi connectivity index (χ0n) is 15.4. The van der Waals surface area contributed by atoms with E-state index in [-0.39, 0.29) is 18.5 Å². The van der Waals surface area contributed by atoms with Crippen LogP contribution in [0.2, 0.25) is 0 Å². The summed E-state index contributed by atoms with van der Waals surface area (Å²) in [5.74, 6) is -0.195. The highest BCUT2D eigenvalue weighted by Gasteiger charge is 2.49. The van der Waals surface area contributed by atoms with Crippen molar-refractivity contribution in [3.05, 3.63) is 71.3 Å². The summed E-state index contributed by atoms with van der Waals surface area (Å²) in [5, 5.41) is 0. The molecule has 0 aromatic heterocycles. The molecule has 0 bridgehead atoms. The van der Waals surface area contributed by atoms with Crippen LogP contribution in [0.25, 0.3) is 0 Å². The van der Waals surface area contributed by atoms with Gasteiger partial charge in [0.25, 0.3) is 5.91 Å². The second-order valence-corrected chi connectivity index (χ2v) is 7.03. The zero-order valence-corrected chi connectivity index (χ0v) is 15.4. The van der Waals surface area contributed by atoms with E-state index in [4.69, 9.17) is 0 Å². The van der Waals surface area contributed by atoms with Crippen LogP contribution in [0.15, 0.2) is 59.6 Å². The van der Waals surface area contributed by atoms with E-state index in [9.17, 15) is 9.59 Å². The Balaban J connectivity index is 1.59. The van der Waals surface area contributed by atoms with E-state index in [1.54, 1.807) is 18.3 Å². The number of fused-ring (bicyclic) bond motifs is 1. The fraction of sp³-hybridized carbons (Fsp3) is 0.286. The van der Waals surface area contributed by atoms with Crippen LogP contribution < -0.4 is 0 Å². The summed E-state index contributed by atoms with van der Waals surface area (Å²) >= 11 is 0. The Bertz CT molecular complexity index is 896. The largest absolute Gasteiger partial charge is 0.343 e. The van der Waals surface area contributed by atoms with Gasteiger partial charge in [-0.3, -0.25) is 9.69 Å². The van der Waals surface area contributed by atoms with Gasteiger partial charge in [0.1, 0.15) is 0 Å². The highest BCUT2D eigenvalue weighted by Crippen LogP contribution is 2.28. The van der Waals surface area contributed by atoms with Gasteiger partial charge >= 0.3 is 6.03 Å². The Morgan fingerprint density at radius 3 is 2.41 bits per heavy atom. The minimum Gasteiger partial charge on any atom is -0.343 e. The SMILES string of the molecule is Cc1ccccc1CN1C(=O)C2C(N=CN2Cc2ccccc2)N(C)C1=O. The molecule has 0 saturated carbocycles. The van der Waals surface area contributed by atoms with Gasteiger partial charge in [-0.15, -0.1) is 0 Å². The minimum absolute atomic E-state index is 0.195. The lowest BCUT2D eigenvalue weighted by Crippen LogP contribution is -2.64. The highest BCUT2D eigenvalue weighted by atomic mass is 16.2. The number of hydrogen-bond donors (Lipinski definition) is 0. The summed E-state index contributed by atoms with van der Waals surface area (Å²) in [4.78, 5) is 35.3. The van der Waals surface area contributed by atoms with Crippen molar-refractivity contribution in [2.24, 2.45) is 4.99 Å². The van der Waals surface area contributed by atoms with Crippen molar-refractivity contribution < 1.29 is 9.59 Å². The molecule has 3 amide bonds. The molecule has 0 N–H and O–H groups in total. The number of hydrogen-bond acceptors (Lipinski definition) is 4. The van der Waals surface area contributed by atoms with Gasteiger partial charge in [-0.2, -0.15) is 0 Å². The van der Waals surface area contributed by atoms with Crippen molar-refractivity contribution in [3.63, 3.8) is 0 Å². The smallest absolute Gasteiger partial charge is 0.328 e. The quantitative estimate of drug-likeness (QED) is 0.840. The Kier molecular flexibility index (Phi) is 4.39. The molecule has 2 aromatic rings. The molecule has 4 rings (SSSR count). The van der Waals surface area contributed by atoms with E-state index < -0.39 is 12.2 Å². The monoisotopic (exact) mass is 362 g/mol. The molecule has 2 heterocycles. The van der Waals surface area contributed by atoms with Crippen LogP contribution in [0.5, 0.6) is 0 Å². The Morgan fingerprint density at radius 2 is 1.67 bits per heavy atom. The van der Waals surface area contributed by atoms with E-state index >= 15 is 0 Å². The van der Waals surface area contributed by atoms with Crippen molar-refractivity contribution in [2.75, 3.05) is 7.05 Å². The Hall–Kier alpha value is -3.15. The zero-order chi connectivity index (χ0) is 19.0. The fourth-order valence-corrected chi connectivity index (χ4v) is 3.65. The van der Waals surface area contributed by atoms with Crippen molar-refractivity contribution in [3.8, 4) is 0 Å². The van der Waals surface area contributed by atoms with Gasteiger partial charge in [-0.05, 0) is 23.6 Å². The molecular weight excluding hydrogens is 340 g/mol. The molecule has 1 fully saturated rings. The average Bonchev–Trinajstić information content (AvgIpc) is 3.09. The van der Waals surface area contributed by atoms with Crippen molar-refractivity contribution in [1.29, 1.82) is 0 Å². The van der Waals surface area contributed by atoms with Gasteiger partial charge in [-0.25, -0.2) is 9.79 Å².